The van der Waals surface area contributed by atoms with Crippen molar-refractivity contribution in [3.8, 4) is 0 Å². The minimum Gasteiger partial charge on any atom is -0.382 e. The molecule has 0 saturated carbocycles. The van der Waals surface area contributed by atoms with Gasteiger partial charge in [0.25, 0.3) is 0 Å². The molecule has 0 fully saturated rings. The van der Waals surface area contributed by atoms with Gasteiger partial charge in [0, 0.05) is 12.1 Å². The zero-order valence-electron chi connectivity index (χ0n) is 8.75. The summed E-state index contributed by atoms with van der Waals surface area (Å²) in [6, 6.07) is 1.52. The summed E-state index contributed by atoms with van der Waals surface area (Å²) >= 11 is 0. The molecule has 0 amide bonds. The molecule has 1 aromatic heterocycles. The summed E-state index contributed by atoms with van der Waals surface area (Å²) in [4.78, 5) is 3.63. The van der Waals surface area contributed by atoms with Crippen molar-refractivity contribution in [2.45, 2.75) is 18.8 Å². The molecule has 2 rings (SSSR count). The van der Waals surface area contributed by atoms with Crippen molar-refractivity contribution in [1.82, 2.24) is 9.55 Å². The number of alkyl halides is 3. The molecule has 2 aromatic rings. The molecule has 1 atom stereocenters. The highest BCUT2D eigenvalue weighted by molar-refractivity contribution is 5.75. The van der Waals surface area contributed by atoms with Crippen LogP contribution >= 0.6 is 0 Å². The highest BCUT2D eigenvalue weighted by atomic mass is 19.4. The molecule has 3 nitrogen and oxygen atoms in total. The van der Waals surface area contributed by atoms with Crippen LogP contribution in [0, 0.1) is 11.6 Å². The lowest BCUT2D eigenvalue weighted by molar-refractivity contribution is -0.207. The Kier molecular flexibility index (Phi) is 2.97. The highest BCUT2D eigenvalue weighted by Crippen LogP contribution is 2.23. The van der Waals surface area contributed by atoms with Gasteiger partial charge < -0.3 is 9.67 Å². The number of rotatable bonds is 2. The molecule has 98 valence electrons. The molecule has 0 bridgehead atoms. The number of nitrogens with zero attached hydrogens (tertiary/aromatic N) is 2. The lowest BCUT2D eigenvalue weighted by atomic mass is 10.2. The van der Waals surface area contributed by atoms with E-state index in [0.717, 1.165) is 23.0 Å². The summed E-state index contributed by atoms with van der Waals surface area (Å²) in [6.45, 7) is -0.828. The average Bonchev–Trinajstić information content (AvgIpc) is 2.61. The molecule has 18 heavy (non-hydrogen) atoms. The number of benzene rings is 1. The quantitative estimate of drug-likeness (QED) is 0.846. The van der Waals surface area contributed by atoms with Crippen LogP contribution in [0.25, 0.3) is 11.0 Å². The average molecular weight is 266 g/mol. The van der Waals surface area contributed by atoms with E-state index >= 15 is 0 Å². The fourth-order valence-corrected chi connectivity index (χ4v) is 1.49. The van der Waals surface area contributed by atoms with E-state index in [9.17, 15) is 22.0 Å². The number of fused-ring (bicyclic) bond motifs is 1. The fourth-order valence-electron chi connectivity index (χ4n) is 1.49. The van der Waals surface area contributed by atoms with Crippen LogP contribution in [0.1, 0.15) is 0 Å². The van der Waals surface area contributed by atoms with Crippen LogP contribution < -0.4 is 0 Å². The van der Waals surface area contributed by atoms with E-state index in [0.29, 0.717) is 0 Å². The van der Waals surface area contributed by atoms with Crippen molar-refractivity contribution in [2.75, 3.05) is 0 Å². The summed E-state index contributed by atoms with van der Waals surface area (Å²) in [5, 5.41) is 8.90. The summed E-state index contributed by atoms with van der Waals surface area (Å²) in [5.41, 5.74) is 0.000439. The van der Waals surface area contributed by atoms with Gasteiger partial charge in [-0.2, -0.15) is 13.2 Å². The molecule has 1 N–H and O–H groups in total. The Hall–Kier alpha value is -1.70. The van der Waals surface area contributed by atoms with Crippen molar-refractivity contribution >= 4 is 11.0 Å². The molecule has 0 aliphatic heterocycles. The van der Waals surface area contributed by atoms with E-state index in [1.165, 1.54) is 0 Å². The number of aromatic nitrogens is 2. The molecule has 1 aromatic carbocycles. The molecule has 0 aliphatic rings. The minimum absolute atomic E-state index is 0.0165. The van der Waals surface area contributed by atoms with Gasteiger partial charge in [0.1, 0.15) is 0 Å². The number of imidazole rings is 1. The van der Waals surface area contributed by atoms with E-state index in [1.54, 1.807) is 0 Å². The Bertz CT molecular complexity index is 577. The van der Waals surface area contributed by atoms with Crippen molar-refractivity contribution in [2.24, 2.45) is 0 Å². The second kappa shape index (κ2) is 4.20. The van der Waals surface area contributed by atoms with Crippen LogP contribution in [0.5, 0.6) is 0 Å². The summed E-state index contributed by atoms with van der Waals surface area (Å²) < 4.78 is 63.2. The molecule has 1 heterocycles. The number of hydrogen-bond donors (Lipinski definition) is 1. The second-order valence-electron chi connectivity index (χ2n) is 3.71. The largest absolute Gasteiger partial charge is 0.416 e. The number of hydrogen-bond acceptors (Lipinski definition) is 2. The van der Waals surface area contributed by atoms with Gasteiger partial charge in [-0.3, -0.25) is 0 Å². The van der Waals surface area contributed by atoms with Gasteiger partial charge in [-0.15, -0.1) is 0 Å². The van der Waals surface area contributed by atoms with Gasteiger partial charge in [-0.05, 0) is 0 Å². The van der Waals surface area contributed by atoms with Gasteiger partial charge in [0.2, 0.25) is 0 Å². The predicted octanol–water partition coefficient (Wildman–Crippen LogP) is 2.24. The maximum atomic E-state index is 13.0. The SMILES string of the molecule is O[C@H](Cn1cnc2cc(F)c(F)cc21)C(F)(F)F. The number of aliphatic hydroxyl groups excluding tert-OH is 1. The second-order valence-corrected chi connectivity index (χ2v) is 3.71. The zero-order chi connectivity index (χ0) is 13.5. The van der Waals surface area contributed by atoms with Crippen molar-refractivity contribution in [1.29, 1.82) is 0 Å². The number of aliphatic hydroxyl groups is 1. The first-order valence-corrected chi connectivity index (χ1v) is 4.83. The molecule has 8 heteroatoms. The van der Waals surface area contributed by atoms with Crippen molar-refractivity contribution < 1.29 is 27.1 Å². The third kappa shape index (κ3) is 2.28. The van der Waals surface area contributed by atoms with E-state index in [1.807, 2.05) is 0 Å². The highest BCUT2D eigenvalue weighted by Gasteiger charge is 2.38. The number of halogens is 5. The zero-order valence-corrected chi connectivity index (χ0v) is 8.75. The maximum Gasteiger partial charge on any atom is 0.416 e. The Morgan fingerprint density at radius 3 is 2.44 bits per heavy atom. The Morgan fingerprint density at radius 2 is 1.83 bits per heavy atom. The normalized spacial score (nSPS) is 14.1. The fraction of sp³-hybridized carbons (Fsp3) is 0.300. The molecule has 0 radical (unpaired) electrons. The van der Waals surface area contributed by atoms with E-state index in [2.05, 4.69) is 4.98 Å². The lowest BCUT2D eigenvalue weighted by Crippen LogP contribution is -2.32. The Morgan fingerprint density at radius 1 is 1.22 bits per heavy atom. The smallest absolute Gasteiger partial charge is 0.382 e. The molecular weight excluding hydrogens is 259 g/mol. The molecule has 0 aliphatic carbocycles. The van der Waals surface area contributed by atoms with Crippen LogP contribution in [-0.2, 0) is 6.54 Å². The van der Waals surface area contributed by atoms with Crippen molar-refractivity contribution in [3.63, 3.8) is 0 Å². The molecular formula is C10H7F5N2O. The van der Waals surface area contributed by atoms with Gasteiger partial charge in [-0.1, -0.05) is 0 Å². The molecule has 0 saturated heterocycles. The first-order valence-electron chi connectivity index (χ1n) is 4.83. The van der Waals surface area contributed by atoms with Crippen LogP contribution in [0.2, 0.25) is 0 Å². The standard InChI is InChI=1S/C10H7F5N2O/c11-5-1-7-8(2-6(5)12)17(4-16-7)3-9(18)10(13,14)15/h1-2,4,9,18H,3H2/t9-/m1/s1. The summed E-state index contributed by atoms with van der Waals surface area (Å²) in [5.74, 6) is -2.32. The van der Waals surface area contributed by atoms with Crippen LogP contribution in [0.15, 0.2) is 18.5 Å². The monoisotopic (exact) mass is 266 g/mol. The van der Waals surface area contributed by atoms with E-state index < -0.39 is 30.5 Å². The third-order valence-corrected chi connectivity index (χ3v) is 2.41. The Labute approximate surface area is 97.5 Å². The predicted molar refractivity (Wildman–Crippen MR) is 51.7 cm³/mol. The lowest BCUT2D eigenvalue weighted by Gasteiger charge is -2.15. The van der Waals surface area contributed by atoms with Crippen molar-refractivity contribution in [3.05, 3.63) is 30.1 Å². The van der Waals surface area contributed by atoms with Crippen LogP contribution in [0.4, 0.5) is 22.0 Å². The maximum absolute atomic E-state index is 13.0. The Balaban J connectivity index is 2.38. The first kappa shape index (κ1) is 12.7. The summed E-state index contributed by atoms with van der Waals surface area (Å²) in [6.07, 6.45) is -6.39. The topological polar surface area (TPSA) is 38.0 Å². The van der Waals surface area contributed by atoms with Gasteiger partial charge in [0.15, 0.2) is 17.7 Å². The minimum atomic E-state index is -4.78. The molecule has 0 spiro atoms. The van der Waals surface area contributed by atoms with E-state index in [4.69, 9.17) is 5.11 Å². The third-order valence-electron chi connectivity index (χ3n) is 2.41. The van der Waals surface area contributed by atoms with Crippen LogP contribution in [-0.4, -0.2) is 26.9 Å². The summed E-state index contributed by atoms with van der Waals surface area (Å²) in [7, 11) is 0. The van der Waals surface area contributed by atoms with Crippen LogP contribution in [0.3, 0.4) is 0 Å². The van der Waals surface area contributed by atoms with Gasteiger partial charge >= 0.3 is 6.18 Å². The van der Waals surface area contributed by atoms with E-state index in [-0.39, 0.29) is 11.0 Å². The van der Waals surface area contributed by atoms with Gasteiger partial charge in [0.05, 0.1) is 23.9 Å². The molecule has 0 unspecified atom stereocenters. The van der Waals surface area contributed by atoms with Gasteiger partial charge in [-0.25, -0.2) is 13.8 Å². The first-order chi connectivity index (χ1) is 8.29.